The lowest BCUT2D eigenvalue weighted by atomic mass is 9.76. The monoisotopic (exact) mass is 473 g/mol. The standard InChI is InChI=1S/C21H35NO7SSi/c1-11(2)18(24)27-10-28-19(25)17-22-15(12(3)20(26)30-17)14(16(22)23)13(4)29-31(8,9)21(5,6)7/h11-15,17H,10H2,1-9H3/t12-,13-,14-,15-,17?/m1/s1. The van der Waals surface area contributed by atoms with E-state index in [2.05, 4.69) is 33.9 Å². The van der Waals surface area contributed by atoms with E-state index in [-0.39, 0.29) is 28.1 Å². The molecular weight excluding hydrogens is 438 g/mol. The maximum absolute atomic E-state index is 13.1. The van der Waals surface area contributed by atoms with Gasteiger partial charge in [0, 0.05) is 5.92 Å². The van der Waals surface area contributed by atoms with Crippen LogP contribution < -0.4 is 0 Å². The Hall–Kier alpha value is -1.39. The highest BCUT2D eigenvalue weighted by atomic mass is 32.2. The molecule has 8 nitrogen and oxygen atoms in total. The van der Waals surface area contributed by atoms with E-state index in [0.29, 0.717) is 0 Å². The molecule has 0 aromatic heterocycles. The first kappa shape index (κ1) is 25.9. The number of amides is 1. The lowest BCUT2D eigenvalue weighted by Gasteiger charge is -2.56. The summed E-state index contributed by atoms with van der Waals surface area (Å²) in [6, 6.07) is -0.420. The van der Waals surface area contributed by atoms with Crippen LogP contribution in [0.4, 0.5) is 0 Å². The molecule has 0 spiro atoms. The van der Waals surface area contributed by atoms with Crippen molar-refractivity contribution in [3.63, 3.8) is 0 Å². The van der Waals surface area contributed by atoms with Crippen LogP contribution in [0.3, 0.4) is 0 Å². The Morgan fingerprint density at radius 2 is 1.71 bits per heavy atom. The molecule has 31 heavy (non-hydrogen) atoms. The second kappa shape index (κ2) is 9.23. The van der Waals surface area contributed by atoms with Gasteiger partial charge in [-0.1, -0.05) is 53.3 Å². The van der Waals surface area contributed by atoms with Crippen molar-refractivity contribution in [2.24, 2.45) is 17.8 Å². The Morgan fingerprint density at radius 1 is 1.13 bits per heavy atom. The molecule has 1 amide bonds. The van der Waals surface area contributed by atoms with Crippen LogP contribution in [0.2, 0.25) is 18.1 Å². The van der Waals surface area contributed by atoms with E-state index in [1.165, 1.54) is 4.90 Å². The van der Waals surface area contributed by atoms with Gasteiger partial charge in [0.1, 0.15) is 0 Å². The van der Waals surface area contributed by atoms with Crippen LogP contribution in [0, 0.1) is 17.8 Å². The molecule has 0 radical (unpaired) electrons. The largest absolute Gasteiger partial charge is 0.428 e. The Balaban J connectivity index is 2.11. The molecule has 2 heterocycles. The first-order valence-electron chi connectivity index (χ1n) is 10.6. The highest BCUT2D eigenvalue weighted by Crippen LogP contribution is 2.47. The van der Waals surface area contributed by atoms with E-state index >= 15 is 0 Å². The zero-order valence-corrected chi connectivity index (χ0v) is 21.7. The zero-order chi connectivity index (χ0) is 23.9. The lowest BCUT2D eigenvalue weighted by molar-refractivity contribution is -0.184. The van der Waals surface area contributed by atoms with Gasteiger partial charge in [-0.15, -0.1) is 0 Å². The Morgan fingerprint density at radius 3 is 2.23 bits per heavy atom. The smallest absolute Gasteiger partial charge is 0.342 e. The van der Waals surface area contributed by atoms with Gasteiger partial charge in [-0.25, -0.2) is 4.79 Å². The van der Waals surface area contributed by atoms with Crippen LogP contribution in [-0.4, -0.2) is 60.5 Å². The average Bonchev–Trinajstić information content (AvgIpc) is 2.62. The average molecular weight is 474 g/mol. The Bertz CT molecular complexity index is 749. The predicted octanol–water partition coefficient (Wildman–Crippen LogP) is 3.16. The molecule has 0 saturated carbocycles. The van der Waals surface area contributed by atoms with Gasteiger partial charge >= 0.3 is 11.9 Å². The number of β-lactam (4-membered cyclic amide) rings is 1. The highest BCUT2D eigenvalue weighted by molar-refractivity contribution is 8.14. The van der Waals surface area contributed by atoms with E-state index in [0.717, 1.165) is 11.8 Å². The van der Waals surface area contributed by atoms with E-state index in [4.69, 9.17) is 13.9 Å². The summed E-state index contributed by atoms with van der Waals surface area (Å²) in [4.78, 5) is 51.2. The number of esters is 2. The van der Waals surface area contributed by atoms with Crippen molar-refractivity contribution in [2.75, 3.05) is 6.79 Å². The maximum Gasteiger partial charge on any atom is 0.342 e. The van der Waals surface area contributed by atoms with Crippen LogP contribution >= 0.6 is 11.8 Å². The number of fused-ring (bicyclic) bond motifs is 1. The maximum atomic E-state index is 13.1. The molecule has 10 heteroatoms. The number of carbonyl (C=O) groups is 4. The van der Waals surface area contributed by atoms with E-state index < -0.39 is 50.3 Å². The molecule has 2 fully saturated rings. The number of carbonyl (C=O) groups excluding carboxylic acids is 4. The van der Waals surface area contributed by atoms with Gasteiger partial charge in [0.05, 0.1) is 24.0 Å². The fourth-order valence-corrected chi connectivity index (χ4v) is 6.06. The van der Waals surface area contributed by atoms with Crippen LogP contribution in [-0.2, 0) is 33.1 Å². The molecule has 2 rings (SSSR count). The van der Waals surface area contributed by atoms with Crippen LogP contribution in [0.15, 0.2) is 0 Å². The fourth-order valence-electron chi connectivity index (χ4n) is 3.53. The Labute approximate surface area is 189 Å². The minimum Gasteiger partial charge on any atom is -0.428 e. The van der Waals surface area contributed by atoms with Gasteiger partial charge in [-0.05, 0) is 25.1 Å². The van der Waals surface area contributed by atoms with E-state index in [9.17, 15) is 19.2 Å². The molecule has 2 saturated heterocycles. The molecule has 0 N–H and O–H groups in total. The first-order valence-corrected chi connectivity index (χ1v) is 14.4. The summed E-state index contributed by atoms with van der Waals surface area (Å²) >= 11 is 0.785. The molecular formula is C21H35NO7SSi. The molecule has 0 aromatic rings. The second-order valence-corrected chi connectivity index (χ2v) is 16.0. The third-order valence-electron chi connectivity index (χ3n) is 6.46. The zero-order valence-electron chi connectivity index (χ0n) is 19.9. The van der Waals surface area contributed by atoms with E-state index in [1.54, 1.807) is 20.8 Å². The molecule has 2 aliphatic rings. The molecule has 0 aromatic carbocycles. The van der Waals surface area contributed by atoms with Gasteiger partial charge in [-0.3, -0.25) is 14.4 Å². The molecule has 1 unspecified atom stereocenters. The van der Waals surface area contributed by atoms with Gasteiger partial charge < -0.3 is 18.8 Å². The summed E-state index contributed by atoms with van der Waals surface area (Å²) in [7, 11) is -2.12. The number of hydrogen-bond donors (Lipinski definition) is 0. The van der Waals surface area contributed by atoms with Crippen LogP contribution in [0.25, 0.3) is 0 Å². The number of ether oxygens (including phenoxy) is 2. The molecule has 0 bridgehead atoms. The van der Waals surface area contributed by atoms with Gasteiger partial charge in [0.25, 0.3) is 0 Å². The van der Waals surface area contributed by atoms with Gasteiger partial charge in [0.2, 0.25) is 12.7 Å². The van der Waals surface area contributed by atoms with Crippen molar-refractivity contribution in [2.45, 2.75) is 84.1 Å². The SMILES string of the molecule is CC(C)C(=O)OCOC(=O)C1SC(=O)[C@H](C)[C@@H]2[C@@H]([C@@H](C)O[Si](C)(C)C(C)(C)C)C(=O)N12. The third-order valence-corrected chi connectivity index (χ3v) is 12.3. The summed E-state index contributed by atoms with van der Waals surface area (Å²) in [6.45, 7) is 17.1. The minimum atomic E-state index is -2.12. The Kier molecular flexibility index (Phi) is 7.70. The molecule has 176 valence electrons. The normalized spacial score (nSPS) is 27.5. The van der Waals surface area contributed by atoms with Gasteiger partial charge in [-0.2, -0.15) is 0 Å². The van der Waals surface area contributed by atoms with Crippen molar-refractivity contribution < 1.29 is 33.1 Å². The second-order valence-electron chi connectivity index (χ2n) is 10.1. The van der Waals surface area contributed by atoms with Crippen molar-refractivity contribution >= 4 is 43.0 Å². The lowest BCUT2D eigenvalue weighted by Crippen LogP contribution is -2.73. The van der Waals surface area contributed by atoms with Crippen LogP contribution in [0.5, 0.6) is 0 Å². The molecule has 5 atom stereocenters. The first-order chi connectivity index (χ1) is 14.1. The summed E-state index contributed by atoms with van der Waals surface area (Å²) in [6.07, 6.45) is -0.364. The van der Waals surface area contributed by atoms with Crippen molar-refractivity contribution in [1.29, 1.82) is 0 Å². The summed E-state index contributed by atoms with van der Waals surface area (Å²) in [5, 5.41) is -1.26. The number of hydrogen-bond acceptors (Lipinski definition) is 8. The van der Waals surface area contributed by atoms with E-state index in [1.807, 2.05) is 6.92 Å². The highest BCUT2D eigenvalue weighted by Gasteiger charge is 2.62. The fraction of sp³-hybridized carbons (Fsp3) is 0.810. The topological polar surface area (TPSA) is 99.2 Å². The quantitative estimate of drug-likeness (QED) is 0.241. The minimum absolute atomic E-state index is 0.0165. The van der Waals surface area contributed by atoms with Crippen LogP contribution in [0.1, 0.15) is 48.5 Å². The molecule has 2 aliphatic heterocycles. The molecule has 0 aliphatic carbocycles. The van der Waals surface area contributed by atoms with Crippen molar-refractivity contribution in [1.82, 2.24) is 4.90 Å². The summed E-state index contributed by atoms with van der Waals surface area (Å²) in [5.41, 5.74) is 0. The van der Waals surface area contributed by atoms with Crippen molar-refractivity contribution in [3.05, 3.63) is 0 Å². The van der Waals surface area contributed by atoms with Gasteiger partial charge in [0.15, 0.2) is 18.8 Å². The van der Waals surface area contributed by atoms with Crippen molar-refractivity contribution in [3.8, 4) is 0 Å². The third kappa shape index (κ3) is 5.17. The number of nitrogens with zero attached hydrogens (tertiary/aromatic N) is 1. The predicted molar refractivity (Wildman–Crippen MR) is 119 cm³/mol. The number of thioether (sulfide) groups is 1. The summed E-state index contributed by atoms with van der Waals surface area (Å²) in [5.74, 6) is -2.73. The number of rotatable bonds is 7. The summed E-state index contributed by atoms with van der Waals surface area (Å²) < 4.78 is 16.3.